The number of nitrogen functional groups attached to an aromatic ring is 1. The van der Waals surface area contributed by atoms with Crippen molar-refractivity contribution >= 4 is 17.5 Å². The van der Waals surface area contributed by atoms with Gasteiger partial charge in [-0.3, -0.25) is 0 Å². The molecule has 128 valence electrons. The molecule has 2 N–H and O–H groups in total. The lowest BCUT2D eigenvalue weighted by Crippen LogP contribution is -2.39. The smallest absolute Gasteiger partial charge is 0.410 e. The number of nitrogens with two attached hydrogens (primary N) is 1. The van der Waals surface area contributed by atoms with Gasteiger partial charge in [0.15, 0.2) is 0 Å². The molecule has 1 fully saturated rings. The molecule has 23 heavy (non-hydrogen) atoms. The minimum Gasteiger partial charge on any atom is -0.497 e. The van der Waals surface area contributed by atoms with Gasteiger partial charge < -0.3 is 25.0 Å². The summed E-state index contributed by atoms with van der Waals surface area (Å²) in [5.41, 5.74) is 7.30. The molecule has 6 heteroatoms. The summed E-state index contributed by atoms with van der Waals surface area (Å²) in [5.74, 6) is 0.780. The monoisotopic (exact) mass is 321 g/mol. The fourth-order valence-electron chi connectivity index (χ4n) is 2.59. The molecule has 1 aromatic rings. The van der Waals surface area contributed by atoms with Crippen molar-refractivity contribution in [3.8, 4) is 5.75 Å². The topological polar surface area (TPSA) is 68.0 Å². The maximum atomic E-state index is 12.2. The van der Waals surface area contributed by atoms with Crippen LogP contribution in [0.1, 0.15) is 27.2 Å². The van der Waals surface area contributed by atoms with E-state index in [2.05, 4.69) is 4.90 Å². The van der Waals surface area contributed by atoms with Gasteiger partial charge in [-0.15, -0.1) is 0 Å². The number of rotatable bonds is 2. The zero-order chi connectivity index (χ0) is 17.0. The largest absolute Gasteiger partial charge is 0.497 e. The molecule has 1 aromatic carbocycles. The number of carbonyl (C=O) groups is 1. The molecule has 1 aliphatic rings. The Morgan fingerprint density at radius 1 is 1.17 bits per heavy atom. The second-order valence-electron chi connectivity index (χ2n) is 6.73. The number of amides is 1. The van der Waals surface area contributed by atoms with Crippen LogP contribution in [0.4, 0.5) is 16.2 Å². The van der Waals surface area contributed by atoms with Crippen LogP contribution in [0.3, 0.4) is 0 Å². The fraction of sp³-hybridized carbons (Fsp3) is 0.588. The van der Waals surface area contributed by atoms with Crippen LogP contribution < -0.4 is 15.4 Å². The van der Waals surface area contributed by atoms with Gasteiger partial charge in [0.25, 0.3) is 0 Å². The van der Waals surface area contributed by atoms with E-state index < -0.39 is 5.60 Å². The van der Waals surface area contributed by atoms with E-state index in [-0.39, 0.29) is 6.09 Å². The first-order chi connectivity index (χ1) is 10.8. The van der Waals surface area contributed by atoms with E-state index in [0.29, 0.717) is 13.1 Å². The Morgan fingerprint density at radius 3 is 2.57 bits per heavy atom. The maximum absolute atomic E-state index is 12.2. The number of nitrogens with zero attached hydrogens (tertiary/aromatic N) is 2. The highest BCUT2D eigenvalue weighted by molar-refractivity contribution is 5.71. The molecular formula is C17H27N3O3. The molecule has 6 nitrogen and oxygen atoms in total. The molecule has 0 radical (unpaired) electrons. The van der Waals surface area contributed by atoms with Gasteiger partial charge in [-0.2, -0.15) is 0 Å². The summed E-state index contributed by atoms with van der Waals surface area (Å²) in [7, 11) is 1.64. The van der Waals surface area contributed by atoms with Crippen LogP contribution in [-0.2, 0) is 4.74 Å². The zero-order valence-electron chi connectivity index (χ0n) is 14.5. The van der Waals surface area contributed by atoms with Crippen molar-refractivity contribution in [3.63, 3.8) is 0 Å². The Bertz CT molecular complexity index is 555. The Labute approximate surface area is 138 Å². The number of anilines is 2. The number of hydrogen-bond donors (Lipinski definition) is 1. The van der Waals surface area contributed by atoms with E-state index in [4.69, 9.17) is 15.2 Å². The van der Waals surface area contributed by atoms with Gasteiger partial charge in [0.1, 0.15) is 11.4 Å². The molecule has 1 amide bonds. The first-order valence-corrected chi connectivity index (χ1v) is 7.96. The van der Waals surface area contributed by atoms with Crippen molar-refractivity contribution in [2.24, 2.45) is 0 Å². The summed E-state index contributed by atoms with van der Waals surface area (Å²) < 4.78 is 10.7. The number of carbonyl (C=O) groups excluding carboxylic acids is 1. The summed E-state index contributed by atoms with van der Waals surface area (Å²) in [6, 6.07) is 5.65. The van der Waals surface area contributed by atoms with Crippen LogP contribution in [0.2, 0.25) is 0 Å². The Morgan fingerprint density at radius 2 is 1.91 bits per heavy atom. The van der Waals surface area contributed by atoms with Gasteiger partial charge >= 0.3 is 6.09 Å². The van der Waals surface area contributed by atoms with Crippen LogP contribution in [0.5, 0.6) is 5.75 Å². The van der Waals surface area contributed by atoms with Crippen molar-refractivity contribution in [2.45, 2.75) is 32.8 Å². The van der Waals surface area contributed by atoms with Crippen LogP contribution in [0.15, 0.2) is 18.2 Å². The number of benzene rings is 1. The molecule has 0 saturated carbocycles. The minimum absolute atomic E-state index is 0.252. The molecule has 0 atom stereocenters. The third-order valence-corrected chi connectivity index (χ3v) is 3.73. The number of methoxy groups -OCH3 is 1. The van der Waals surface area contributed by atoms with Crippen LogP contribution in [-0.4, -0.2) is 49.9 Å². The van der Waals surface area contributed by atoms with E-state index in [0.717, 1.165) is 36.6 Å². The third-order valence-electron chi connectivity index (χ3n) is 3.73. The Kier molecular flexibility index (Phi) is 5.23. The Balaban J connectivity index is 2.05. The zero-order valence-corrected chi connectivity index (χ0v) is 14.5. The molecule has 2 rings (SSSR count). The normalized spacial score (nSPS) is 16.0. The highest BCUT2D eigenvalue weighted by Gasteiger charge is 2.25. The highest BCUT2D eigenvalue weighted by atomic mass is 16.6. The van der Waals surface area contributed by atoms with E-state index >= 15 is 0 Å². The van der Waals surface area contributed by atoms with Crippen molar-refractivity contribution in [2.75, 3.05) is 43.9 Å². The summed E-state index contributed by atoms with van der Waals surface area (Å²) in [5, 5.41) is 0. The van der Waals surface area contributed by atoms with E-state index in [1.165, 1.54) is 0 Å². The molecular weight excluding hydrogens is 294 g/mol. The van der Waals surface area contributed by atoms with Crippen LogP contribution in [0, 0.1) is 0 Å². The fourth-order valence-corrected chi connectivity index (χ4v) is 2.59. The molecule has 1 heterocycles. The first-order valence-electron chi connectivity index (χ1n) is 7.96. The maximum Gasteiger partial charge on any atom is 0.410 e. The minimum atomic E-state index is -0.472. The molecule has 0 bridgehead atoms. The summed E-state index contributed by atoms with van der Waals surface area (Å²) in [6.45, 7) is 8.51. The lowest BCUT2D eigenvalue weighted by molar-refractivity contribution is 0.0263. The second kappa shape index (κ2) is 6.98. The molecule has 1 saturated heterocycles. The quantitative estimate of drug-likeness (QED) is 0.848. The summed E-state index contributed by atoms with van der Waals surface area (Å²) in [4.78, 5) is 16.2. The van der Waals surface area contributed by atoms with Crippen molar-refractivity contribution in [3.05, 3.63) is 18.2 Å². The van der Waals surface area contributed by atoms with E-state index in [9.17, 15) is 4.79 Å². The van der Waals surface area contributed by atoms with E-state index in [1.807, 2.05) is 39.0 Å². The predicted octanol–water partition coefficient (Wildman–Crippen LogP) is 2.72. The molecule has 0 spiro atoms. The second-order valence-corrected chi connectivity index (χ2v) is 6.73. The van der Waals surface area contributed by atoms with Crippen molar-refractivity contribution in [1.82, 2.24) is 4.90 Å². The van der Waals surface area contributed by atoms with Gasteiger partial charge in [-0.05, 0) is 39.3 Å². The van der Waals surface area contributed by atoms with Gasteiger partial charge in [0, 0.05) is 32.2 Å². The van der Waals surface area contributed by atoms with E-state index in [1.54, 1.807) is 12.0 Å². The van der Waals surface area contributed by atoms with Crippen LogP contribution in [0.25, 0.3) is 0 Å². The van der Waals surface area contributed by atoms with Gasteiger partial charge in [0.05, 0.1) is 18.5 Å². The van der Waals surface area contributed by atoms with Crippen molar-refractivity contribution < 1.29 is 14.3 Å². The highest BCUT2D eigenvalue weighted by Crippen LogP contribution is 2.29. The summed E-state index contributed by atoms with van der Waals surface area (Å²) >= 11 is 0. The number of hydrogen-bond acceptors (Lipinski definition) is 5. The third kappa shape index (κ3) is 4.68. The van der Waals surface area contributed by atoms with Gasteiger partial charge in [-0.25, -0.2) is 4.79 Å². The Hall–Kier alpha value is -2.11. The van der Waals surface area contributed by atoms with Crippen LogP contribution >= 0.6 is 0 Å². The lowest BCUT2D eigenvalue weighted by Gasteiger charge is -2.27. The van der Waals surface area contributed by atoms with Gasteiger partial charge in [-0.1, -0.05) is 0 Å². The first kappa shape index (κ1) is 17.2. The van der Waals surface area contributed by atoms with Gasteiger partial charge in [0.2, 0.25) is 0 Å². The average molecular weight is 321 g/mol. The summed E-state index contributed by atoms with van der Waals surface area (Å²) in [6.07, 6.45) is 0.619. The number of ether oxygens (including phenoxy) is 2. The molecule has 0 unspecified atom stereocenters. The van der Waals surface area contributed by atoms with Crippen molar-refractivity contribution in [1.29, 1.82) is 0 Å². The average Bonchev–Trinajstić information content (AvgIpc) is 2.72. The SMILES string of the molecule is COc1ccc(N)c(N2CCCN(C(=O)OC(C)(C)C)CC2)c1. The molecule has 0 aliphatic carbocycles. The standard InChI is InChI=1S/C17H27N3O3/c1-17(2,3)23-16(21)20-9-5-8-19(10-11-20)15-12-13(22-4)6-7-14(15)18/h6-7,12H,5,8-11,18H2,1-4H3. The molecule has 1 aliphatic heterocycles. The predicted molar refractivity (Wildman–Crippen MR) is 92.0 cm³/mol. The lowest BCUT2D eigenvalue weighted by atomic mass is 10.2. The molecule has 0 aromatic heterocycles.